The van der Waals surface area contributed by atoms with Gasteiger partial charge in [-0.3, -0.25) is 0 Å². The Bertz CT molecular complexity index is 990. The molecule has 1 aliphatic heterocycles. The number of fused-ring (bicyclic) bond motifs is 1. The summed E-state index contributed by atoms with van der Waals surface area (Å²) in [4.78, 5) is 14.0. The standard InChI is InChI=1S/C21H17BO4S2/c1-14-3-8-17(9-4-14)27-28-18-10-6-16(7-11-18)22-25-19-12-5-15(21(23)24-2)13-20(19)26-22/h3-13H,1-2H3. The SMILES string of the molecule is COC(=O)c1ccc2c(c1)OB(c1ccc(SSc3ccc(C)cc3)cc1)O2. The van der Waals surface area contributed by atoms with Gasteiger partial charge in [-0.05, 0) is 49.4 Å². The Morgan fingerprint density at radius 3 is 2.11 bits per heavy atom. The maximum atomic E-state index is 11.7. The highest BCUT2D eigenvalue weighted by molar-refractivity contribution is 8.76. The summed E-state index contributed by atoms with van der Waals surface area (Å²) in [7, 11) is 4.27. The van der Waals surface area contributed by atoms with E-state index in [9.17, 15) is 4.79 Å². The zero-order valence-corrected chi connectivity index (χ0v) is 17.0. The first kappa shape index (κ1) is 18.8. The minimum atomic E-state index is -0.522. The second-order valence-electron chi connectivity index (χ2n) is 6.27. The van der Waals surface area contributed by atoms with Crippen molar-refractivity contribution >= 4 is 40.1 Å². The second kappa shape index (κ2) is 8.25. The zero-order valence-electron chi connectivity index (χ0n) is 15.4. The van der Waals surface area contributed by atoms with E-state index < -0.39 is 13.1 Å². The van der Waals surface area contributed by atoms with Gasteiger partial charge in [0.15, 0.2) is 0 Å². The molecule has 0 aromatic heterocycles. The highest BCUT2D eigenvalue weighted by Crippen LogP contribution is 2.37. The average molecular weight is 408 g/mol. The van der Waals surface area contributed by atoms with Gasteiger partial charge in [-0.1, -0.05) is 51.4 Å². The van der Waals surface area contributed by atoms with Crippen LogP contribution in [0.4, 0.5) is 0 Å². The highest BCUT2D eigenvalue weighted by atomic mass is 33.1. The molecule has 0 bridgehead atoms. The van der Waals surface area contributed by atoms with Gasteiger partial charge in [0.2, 0.25) is 0 Å². The van der Waals surface area contributed by atoms with Gasteiger partial charge in [0.1, 0.15) is 11.5 Å². The lowest BCUT2D eigenvalue weighted by atomic mass is 9.79. The zero-order chi connectivity index (χ0) is 19.5. The van der Waals surface area contributed by atoms with Crippen molar-refractivity contribution in [3.63, 3.8) is 0 Å². The molecule has 7 heteroatoms. The van der Waals surface area contributed by atoms with Crippen molar-refractivity contribution in [2.75, 3.05) is 7.11 Å². The Balaban J connectivity index is 1.40. The Kier molecular flexibility index (Phi) is 5.55. The van der Waals surface area contributed by atoms with E-state index >= 15 is 0 Å². The summed E-state index contributed by atoms with van der Waals surface area (Å²) >= 11 is 0. The summed E-state index contributed by atoms with van der Waals surface area (Å²) in [6.45, 7) is 2.09. The molecule has 0 spiro atoms. The third kappa shape index (κ3) is 4.15. The first-order valence-electron chi connectivity index (χ1n) is 8.69. The molecule has 3 aromatic rings. The van der Waals surface area contributed by atoms with Crippen LogP contribution in [0.5, 0.6) is 11.5 Å². The van der Waals surface area contributed by atoms with Crippen LogP contribution >= 0.6 is 21.6 Å². The van der Waals surface area contributed by atoms with Gasteiger partial charge in [-0.15, -0.1) is 0 Å². The fraction of sp³-hybridized carbons (Fsp3) is 0.0952. The van der Waals surface area contributed by atoms with Crippen molar-refractivity contribution in [1.82, 2.24) is 0 Å². The predicted octanol–water partition coefficient (Wildman–Crippen LogP) is 4.75. The lowest BCUT2D eigenvalue weighted by molar-refractivity contribution is 0.0600. The van der Waals surface area contributed by atoms with Crippen molar-refractivity contribution in [1.29, 1.82) is 0 Å². The summed E-state index contributed by atoms with van der Waals surface area (Å²) in [5.41, 5.74) is 2.61. The number of carbonyl (C=O) groups is 1. The van der Waals surface area contributed by atoms with Crippen molar-refractivity contribution in [2.45, 2.75) is 16.7 Å². The summed E-state index contributed by atoms with van der Waals surface area (Å²) < 4.78 is 16.5. The lowest BCUT2D eigenvalue weighted by Gasteiger charge is -2.06. The molecule has 0 N–H and O–H groups in total. The van der Waals surface area contributed by atoms with Crippen molar-refractivity contribution in [3.05, 3.63) is 77.9 Å². The molecule has 28 heavy (non-hydrogen) atoms. The summed E-state index contributed by atoms with van der Waals surface area (Å²) in [6.07, 6.45) is 0. The fourth-order valence-electron chi connectivity index (χ4n) is 2.70. The van der Waals surface area contributed by atoms with Gasteiger partial charge in [0.05, 0.1) is 12.7 Å². The Labute approximate surface area is 172 Å². The van der Waals surface area contributed by atoms with Gasteiger partial charge in [-0.2, -0.15) is 0 Å². The fourth-order valence-corrected chi connectivity index (χ4v) is 4.63. The van der Waals surface area contributed by atoms with E-state index in [-0.39, 0.29) is 0 Å². The topological polar surface area (TPSA) is 44.8 Å². The van der Waals surface area contributed by atoms with E-state index in [0.29, 0.717) is 17.1 Å². The summed E-state index contributed by atoms with van der Waals surface area (Å²) in [5.74, 6) is 0.759. The first-order chi connectivity index (χ1) is 13.6. The van der Waals surface area contributed by atoms with E-state index in [1.165, 1.54) is 17.6 Å². The molecule has 0 fully saturated rings. The van der Waals surface area contributed by atoms with Crippen LogP contribution in [-0.2, 0) is 4.74 Å². The molecule has 3 aromatic carbocycles. The molecule has 0 amide bonds. The largest absolute Gasteiger partial charge is 0.632 e. The van der Waals surface area contributed by atoms with E-state index in [1.807, 2.05) is 12.1 Å². The van der Waals surface area contributed by atoms with Gasteiger partial charge in [-0.25, -0.2) is 4.79 Å². The van der Waals surface area contributed by atoms with Crippen LogP contribution in [0.25, 0.3) is 0 Å². The van der Waals surface area contributed by atoms with E-state index in [2.05, 4.69) is 43.3 Å². The van der Waals surface area contributed by atoms with Gasteiger partial charge < -0.3 is 14.0 Å². The molecule has 0 radical (unpaired) electrons. The van der Waals surface area contributed by atoms with Crippen LogP contribution in [-0.4, -0.2) is 20.2 Å². The molecule has 4 nitrogen and oxygen atoms in total. The van der Waals surface area contributed by atoms with Gasteiger partial charge in [0.25, 0.3) is 0 Å². The molecule has 140 valence electrons. The van der Waals surface area contributed by atoms with Crippen LogP contribution in [0.15, 0.2) is 76.5 Å². The maximum absolute atomic E-state index is 11.7. The highest BCUT2D eigenvalue weighted by Gasteiger charge is 2.34. The minimum absolute atomic E-state index is 0.401. The quantitative estimate of drug-likeness (QED) is 0.345. The Morgan fingerprint density at radius 1 is 0.857 bits per heavy atom. The summed E-state index contributed by atoms with van der Waals surface area (Å²) in [5, 5.41) is 0. The van der Waals surface area contributed by atoms with E-state index in [1.54, 1.807) is 39.8 Å². The Morgan fingerprint density at radius 2 is 1.46 bits per heavy atom. The van der Waals surface area contributed by atoms with Crippen molar-refractivity contribution in [2.24, 2.45) is 0 Å². The number of aryl methyl sites for hydroxylation is 1. The van der Waals surface area contributed by atoms with Crippen LogP contribution in [0.2, 0.25) is 0 Å². The molecule has 0 saturated carbocycles. The molecule has 1 aliphatic rings. The second-order valence-corrected chi connectivity index (χ2v) is 8.55. The number of methoxy groups -OCH3 is 1. The third-order valence-corrected chi connectivity index (χ3v) is 6.66. The molecule has 0 aliphatic carbocycles. The number of rotatable bonds is 5. The molecule has 0 atom stereocenters. The van der Waals surface area contributed by atoms with Crippen LogP contribution in [0, 0.1) is 6.92 Å². The van der Waals surface area contributed by atoms with E-state index in [0.717, 1.165) is 10.4 Å². The van der Waals surface area contributed by atoms with Gasteiger partial charge in [0, 0.05) is 15.3 Å². The molecule has 0 unspecified atom stereocenters. The van der Waals surface area contributed by atoms with Crippen molar-refractivity contribution < 1.29 is 18.8 Å². The molecular weight excluding hydrogens is 391 g/mol. The van der Waals surface area contributed by atoms with E-state index in [4.69, 9.17) is 14.0 Å². The van der Waals surface area contributed by atoms with Gasteiger partial charge >= 0.3 is 13.1 Å². The van der Waals surface area contributed by atoms with Crippen LogP contribution in [0.3, 0.4) is 0 Å². The maximum Gasteiger partial charge on any atom is 0.632 e. The smallest absolute Gasteiger partial charge is 0.519 e. The number of hydrogen-bond acceptors (Lipinski definition) is 6. The molecule has 1 heterocycles. The summed E-state index contributed by atoms with van der Waals surface area (Å²) in [6, 6.07) is 21.6. The van der Waals surface area contributed by atoms with Crippen LogP contribution < -0.4 is 14.8 Å². The van der Waals surface area contributed by atoms with Crippen LogP contribution in [0.1, 0.15) is 15.9 Å². The number of benzene rings is 3. The first-order valence-corrected chi connectivity index (χ1v) is 10.8. The number of hydrogen-bond donors (Lipinski definition) is 0. The number of carbonyl (C=O) groups excluding carboxylic acids is 1. The van der Waals surface area contributed by atoms with Crippen molar-refractivity contribution in [3.8, 4) is 11.5 Å². The Hall–Kier alpha value is -2.51. The molecular formula is C21H17BO4S2. The molecule has 0 saturated heterocycles. The predicted molar refractivity (Wildman–Crippen MR) is 114 cm³/mol. The third-order valence-electron chi connectivity index (χ3n) is 4.24. The lowest BCUT2D eigenvalue weighted by Crippen LogP contribution is -2.38. The monoisotopic (exact) mass is 408 g/mol. The molecule has 4 rings (SSSR count). The number of ether oxygens (including phenoxy) is 1. The normalized spacial score (nSPS) is 12.1. The average Bonchev–Trinajstić information content (AvgIpc) is 3.16. The number of esters is 1. The minimum Gasteiger partial charge on any atom is -0.519 e.